The Bertz CT molecular complexity index is 1340. The average molecular weight is 485 g/mol. The Labute approximate surface area is 187 Å². The van der Waals surface area contributed by atoms with Crippen LogP contribution in [0, 0.1) is 0 Å². The van der Waals surface area contributed by atoms with Crippen LogP contribution in [0.1, 0.15) is 23.7 Å². The molecule has 1 unspecified atom stereocenters. The predicted octanol–water partition coefficient (Wildman–Crippen LogP) is 4.32. The van der Waals surface area contributed by atoms with Crippen molar-refractivity contribution in [1.82, 2.24) is 29.9 Å². The van der Waals surface area contributed by atoms with Gasteiger partial charge in [0.1, 0.15) is 11.7 Å². The van der Waals surface area contributed by atoms with Gasteiger partial charge in [-0.3, -0.25) is 4.79 Å². The van der Waals surface area contributed by atoms with Crippen LogP contribution in [0.15, 0.2) is 36.9 Å². The van der Waals surface area contributed by atoms with Gasteiger partial charge in [0.05, 0.1) is 23.7 Å². The molecule has 0 aliphatic rings. The molecule has 0 bridgehead atoms. The van der Waals surface area contributed by atoms with Crippen molar-refractivity contribution in [3.8, 4) is 11.1 Å². The highest BCUT2D eigenvalue weighted by Gasteiger charge is 2.37. The van der Waals surface area contributed by atoms with Crippen LogP contribution in [0.25, 0.3) is 27.7 Å². The van der Waals surface area contributed by atoms with E-state index in [-0.39, 0.29) is 23.6 Å². The van der Waals surface area contributed by atoms with Crippen molar-refractivity contribution >= 4 is 28.4 Å². The van der Waals surface area contributed by atoms with Gasteiger partial charge in [0.25, 0.3) is 5.91 Å². The molecule has 0 saturated heterocycles. The molecule has 4 aromatic heterocycles. The summed E-state index contributed by atoms with van der Waals surface area (Å²) in [5.41, 5.74) is 1.83. The van der Waals surface area contributed by atoms with Crippen molar-refractivity contribution in [3.05, 3.63) is 42.5 Å². The summed E-state index contributed by atoms with van der Waals surface area (Å²) in [4.78, 5) is 23.5. The molecule has 0 spiro atoms. The van der Waals surface area contributed by atoms with Crippen molar-refractivity contribution in [1.29, 1.82) is 0 Å². The van der Waals surface area contributed by atoms with Gasteiger partial charge in [-0.15, -0.1) is 0 Å². The minimum atomic E-state index is -4.59. The quantitative estimate of drug-likeness (QED) is 0.354. The maximum Gasteiger partial charge on any atom is 0.408 e. The molecule has 180 valence electrons. The molecule has 3 N–H and O–H groups in total. The fourth-order valence-corrected chi connectivity index (χ4v) is 3.23. The molecule has 34 heavy (non-hydrogen) atoms. The highest BCUT2D eigenvalue weighted by molar-refractivity contribution is 6.02. The van der Waals surface area contributed by atoms with E-state index in [1.165, 1.54) is 16.9 Å². The number of aromatic nitrogens is 5. The summed E-state index contributed by atoms with van der Waals surface area (Å²) >= 11 is 0. The second-order valence-electron chi connectivity index (χ2n) is 7.49. The molecule has 0 aliphatic carbocycles. The van der Waals surface area contributed by atoms with E-state index in [0.717, 1.165) is 6.92 Å². The number of pyridine rings is 1. The summed E-state index contributed by atoms with van der Waals surface area (Å²) in [6.45, 7) is 0.464. The third-order valence-corrected chi connectivity index (χ3v) is 5.04. The van der Waals surface area contributed by atoms with Crippen molar-refractivity contribution in [2.45, 2.75) is 31.7 Å². The van der Waals surface area contributed by atoms with E-state index in [4.69, 9.17) is 0 Å². The van der Waals surface area contributed by atoms with Crippen LogP contribution in [0.5, 0.6) is 0 Å². The van der Waals surface area contributed by atoms with Crippen molar-refractivity contribution in [2.24, 2.45) is 0 Å². The van der Waals surface area contributed by atoms with Gasteiger partial charge in [0, 0.05) is 36.1 Å². The number of hydrogen-bond acceptors (Lipinski definition) is 5. The van der Waals surface area contributed by atoms with Gasteiger partial charge < -0.3 is 15.6 Å². The number of carbonyl (C=O) groups excluding carboxylic acids is 1. The lowest BCUT2D eigenvalue weighted by atomic mass is 10.1. The van der Waals surface area contributed by atoms with Crippen LogP contribution in [0.2, 0.25) is 0 Å². The smallest absolute Gasteiger partial charge is 0.354 e. The molecule has 4 aromatic rings. The Balaban J connectivity index is 1.60. The fourth-order valence-electron chi connectivity index (χ4n) is 3.23. The summed E-state index contributed by atoms with van der Waals surface area (Å²) < 4.78 is 76.7. The van der Waals surface area contributed by atoms with Crippen molar-refractivity contribution in [3.63, 3.8) is 0 Å². The molecule has 0 aliphatic heterocycles. The zero-order valence-electron chi connectivity index (χ0n) is 17.4. The number of rotatable bonds is 6. The number of carbonyl (C=O) groups is 1. The van der Waals surface area contributed by atoms with Crippen LogP contribution in [-0.2, 0) is 0 Å². The maximum absolute atomic E-state index is 12.8. The third-order valence-electron chi connectivity index (χ3n) is 5.04. The number of aromatic amines is 1. The van der Waals surface area contributed by atoms with Crippen LogP contribution >= 0.6 is 0 Å². The molecule has 0 radical (unpaired) electrons. The molecule has 4 heterocycles. The Morgan fingerprint density at radius 2 is 1.97 bits per heavy atom. The van der Waals surface area contributed by atoms with Gasteiger partial charge in [-0.1, -0.05) is 0 Å². The van der Waals surface area contributed by atoms with Crippen LogP contribution < -0.4 is 10.6 Å². The molecular formula is C20H17F6N7O. The predicted molar refractivity (Wildman–Crippen MR) is 110 cm³/mol. The number of halogens is 6. The molecule has 0 fully saturated rings. The molecular weight excluding hydrogens is 468 g/mol. The molecule has 0 aromatic carbocycles. The van der Waals surface area contributed by atoms with Gasteiger partial charge in [0.2, 0.25) is 5.95 Å². The summed E-state index contributed by atoms with van der Waals surface area (Å²) in [7, 11) is 0. The van der Waals surface area contributed by atoms with E-state index in [9.17, 15) is 31.1 Å². The van der Waals surface area contributed by atoms with Crippen LogP contribution in [-0.4, -0.2) is 55.4 Å². The lowest BCUT2D eigenvalue weighted by Crippen LogP contribution is -2.43. The maximum atomic E-state index is 12.8. The minimum absolute atomic E-state index is 0.0223. The molecule has 1 amide bonds. The monoisotopic (exact) mass is 485 g/mol. The van der Waals surface area contributed by atoms with Gasteiger partial charge in [-0.25, -0.2) is 9.50 Å². The Morgan fingerprint density at radius 1 is 1.21 bits per heavy atom. The number of anilines is 1. The molecule has 4 rings (SSSR count). The zero-order valence-corrected chi connectivity index (χ0v) is 17.4. The number of amides is 1. The highest BCUT2D eigenvalue weighted by Crippen LogP contribution is 2.30. The first-order chi connectivity index (χ1) is 15.9. The van der Waals surface area contributed by atoms with E-state index in [2.05, 4.69) is 25.4 Å². The molecule has 1 atom stereocenters. The lowest BCUT2D eigenvalue weighted by Gasteiger charge is -2.16. The highest BCUT2D eigenvalue weighted by atomic mass is 19.4. The summed E-state index contributed by atoms with van der Waals surface area (Å²) in [5, 5.41) is 8.98. The lowest BCUT2D eigenvalue weighted by molar-refractivity contribution is -0.149. The number of nitrogens with one attached hydrogen (secondary N) is 3. The van der Waals surface area contributed by atoms with Gasteiger partial charge in [-0.05, 0) is 24.6 Å². The first-order valence-corrected chi connectivity index (χ1v) is 9.92. The largest absolute Gasteiger partial charge is 0.408 e. The first kappa shape index (κ1) is 23.3. The Morgan fingerprint density at radius 3 is 2.68 bits per heavy atom. The molecule has 0 saturated carbocycles. The normalized spacial score (nSPS) is 13.4. The number of H-pyrrole nitrogens is 1. The van der Waals surface area contributed by atoms with E-state index >= 15 is 0 Å². The van der Waals surface area contributed by atoms with Crippen LogP contribution in [0.4, 0.5) is 32.3 Å². The third kappa shape index (κ3) is 4.89. The van der Waals surface area contributed by atoms with Crippen molar-refractivity contribution < 1.29 is 31.1 Å². The van der Waals surface area contributed by atoms with E-state index in [1.807, 2.05) is 5.32 Å². The zero-order chi connectivity index (χ0) is 24.7. The van der Waals surface area contributed by atoms with E-state index < -0.39 is 30.7 Å². The van der Waals surface area contributed by atoms with Gasteiger partial charge >= 0.3 is 12.4 Å². The number of nitrogens with zero attached hydrogens (tertiary/aromatic N) is 4. The van der Waals surface area contributed by atoms with Crippen molar-refractivity contribution in [2.75, 3.05) is 11.9 Å². The summed E-state index contributed by atoms with van der Waals surface area (Å²) in [6.07, 6.45) is -4.17. The second kappa shape index (κ2) is 8.50. The van der Waals surface area contributed by atoms with E-state index in [0.29, 0.717) is 22.2 Å². The standard InChI is InChI=1S/C20H17F6N7O/c1-10(20(24,25)26)31-17(34)14-9-30-33-5-2-11(6-15(14)33)12-7-28-16-13(12)8-29-18(32-16)27-4-3-19(21,22)23/h2,5-10H,3-4H2,1H3,(H,31,34)(H2,27,28,29,32). The number of hydrogen-bond donors (Lipinski definition) is 3. The average Bonchev–Trinajstić information content (AvgIpc) is 3.35. The Kier molecular flexibility index (Phi) is 5.83. The van der Waals surface area contributed by atoms with Gasteiger partial charge in [-0.2, -0.15) is 36.4 Å². The summed E-state index contributed by atoms with van der Waals surface area (Å²) in [6, 6.07) is 1.22. The second-order valence-corrected chi connectivity index (χ2v) is 7.49. The van der Waals surface area contributed by atoms with Crippen LogP contribution in [0.3, 0.4) is 0 Å². The first-order valence-electron chi connectivity index (χ1n) is 9.92. The van der Waals surface area contributed by atoms with E-state index in [1.54, 1.807) is 24.5 Å². The topological polar surface area (TPSA) is 100 Å². The SMILES string of the molecule is CC(NC(=O)c1cnn2ccc(-c3c[nH]c4nc(NCCC(F)(F)F)ncc34)cc12)C(F)(F)F. The molecule has 8 nitrogen and oxygen atoms in total. The summed E-state index contributed by atoms with van der Waals surface area (Å²) in [5.74, 6) is -0.900. The fraction of sp³-hybridized carbons (Fsp3) is 0.300. The molecule has 14 heteroatoms. The van der Waals surface area contributed by atoms with Gasteiger partial charge in [0.15, 0.2) is 0 Å². The minimum Gasteiger partial charge on any atom is -0.354 e. The Hall–Kier alpha value is -3.84. The number of alkyl halides is 6. The number of fused-ring (bicyclic) bond motifs is 2.